The number of rotatable bonds is 18. The van der Waals surface area contributed by atoms with Gasteiger partial charge in [0.25, 0.3) is 11.8 Å². The zero-order valence-corrected chi connectivity index (χ0v) is 29.7. The molecule has 0 fully saturated rings. The molecule has 2 amide bonds. The molecule has 0 aliphatic heterocycles. The van der Waals surface area contributed by atoms with Crippen molar-refractivity contribution in [2.75, 3.05) is 22.9 Å². The van der Waals surface area contributed by atoms with Crippen LogP contribution in [-0.4, -0.2) is 35.1 Å². The van der Waals surface area contributed by atoms with Crippen molar-refractivity contribution in [1.29, 1.82) is 0 Å². The number of phenolic OH excluding ortho intramolecular Hbond substituents is 2. The average molecular weight is 673 g/mol. The van der Waals surface area contributed by atoms with Crippen LogP contribution in [-0.2, 0) is 0 Å². The van der Waals surface area contributed by atoms with Crippen LogP contribution < -0.4 is 9.80 Å². The van der Waals surface area contributed by atoms with E-state index < -0.39 is 0 Å². The Labute approximate surface area is 297 Å². The van der Waals surface area contributed by atoms with Gasteiger partial charge in [0.1, 0.15) is 11.5 Å². The summed E-state index contributed by atoms with van der Waals surface area (Å²) in [6.45, 7) is 5.63. The van der Waals surface area contributed by atoms with Crippen molar-refractivity contribution in [3.63, 3.8) is 0 Å². The SMILES string of the molecule is CCCCCCCCN(C(=O)c1ccc2cc(O)ccc2c1)c1ccc(N(CCCCCCCC)C(=O)c2ccc3cc(O)ccc3c2)cc1. The highest BCUT2D eigenvalue weighted by Crippen LogP contribution is 2.28. The molecule has 0 bridgehead atoms. The predicted molar refractivity (Wildman–Crippen MR) is 208 cm³/mol. The third-order valence-corrected chi connectivity index (χ3v) is 9.58. The van der Waals surface area contributed by atoms with Crippen molar-refractivity contribution >= 4 is 44.7 Å². The summed E-state index contributed by atoms with van der Waals surface area (Å²) in [4.78, 5) is 31.9. The van der Waals surface area contributed by atoms with Gasteiger partial charge in [-0.25, -0.2) is 0 Å². The molecule has 0 aliphatic rings. The number of aromatic hydroxyl groups is 2. The fourth-order valence-electron chi connectivity index (χ4n) is 6.65. The zero-order chi connectivity index (χ0) is 35.3. The molecule has 262 valence electrons. The average Bonchev–Trinajstić information content (AvgIpc) is 3.13. The number of carbonyl (C=O) groups is 2. The third-order valence-electron chi connectivity index (χ3n) is 9.58. The second-order valence-electron chi connectivity index (χ2n) is 13.5. The zero-order valence-electron chi connectivity index (χ0n) is 29.7. The summed E-state index contributed by atoms with van der Waals surface area (Å²) in [7, 11) is 0. The molecule has 0 heterocycles. The van der Waals surface area contributed by atoms with Crippen LogP contribution in [0.5, 0.6) is 11.5 Å². The Morgan fingerprint density at radius 3 is 1.18 bits per heavy atom. The van der Waals surface area contributed by atoms with E-state index in [0.29, 0.717) is 24.2 Å². The normalized spacial score (nSPS) is 11.2. The molecule has 0 saturated heterocycles. The molecule has 6 heteroatoms. The molecule has 0 saturated carbocycles. The Kier molecular flexibility index (Phi) is 13.3. The van der Waals surface area contributed by atoms with Crippen LogP contribution >= 0.6 is 0 Å². The van der Waals surface area contributed by atoms with Gasteiger partial charge in [0.15, 0.2) is 0 Å². The number of fused-ring (bicyclic) bond motifs is 2. The number of anilines is 2. The summed E-state index contributed by atoms with van der Waals surface area (Å²) in [5.41, 5.74) is 2.80. The Hall–Kier alpha value is -4.84. The van der Waals surface area contributed by atoms with E-state index in [1.807, 2.05) is 82.6 Å². The smallest absolute Gasteiger partial charge is 0.258 e. The molecular weight excluding hydrogens is 620 g/mol. The first-order chi connectivity index (χ1) is 24.4. The molecule has 0 unspecified atom stereocenters. The number of unbranched alkanes of at least 4 members (excludes halogenated alkanes) is 10. The third kappa shape index (κ3) is 9.65. The van der Waals surface area contributed by atoms with E-state index in [1.165, 1.54) is 38.5 Å². The summed E-state index contributed by atoms with van der Waals surface area (Å²) in [6, 6.07) is 29.5. The van der Waals surface area contributed by atoms with Gasteiger partial charge >= 0.3 is 0 Å². The Morgan fingerprint density at radius 1 is 0.440 bits per heavy atom. The van der Waals surface area contributed by atoms with E-state index in [2.05, 4.69) is 13.8 Å². The largest absolute Gasteiger partial charge is 0.508 e. The Balaban J connectivity index is 1.40. The number of phenols is 2. The van der Waals surface area contributed by atoms with Crippen molar-refractivity contribution in [3.05, 3.63) is 108 Å². The lowest BCUT2D eigenvalue weighted by Crippen LogP contribution is -2.33. The van der Waals surface area contributed by atoms with Gasteiger partial charge in [-0.3, -0.25) is 9.59 Å². The maximum absolute atomic E-state index is 14.1. The summed E-state index contributed by atoms with van der Waals surface area (Å²) in [6.07, 6.45) is 13.5. The van der Waals surface area contributed by atoms with E-state index in [4.69, 9.17) is 0 Å². The second-order valence-corrected chi connectivity index (χ2v) is 13.5. The molecule has 0 atom stereocenters. The highest BCUT2D eigenvalue weighted by molar-refractivity contribution is 6.09. The molecule has 0 aliphatic carbocycles. The second kappa shape index (κ2) is 18.2. The standard InChI is InChI=1S/C44H52N2O4/c1-3-5-7-9-11-13-27-45(43(49)37-17-15-35-31-41(47)25-19-33(35)29-37)39-21-23-40(24-22-39)46(28-14-12-10-8-6-4-2)44(50)38-18-16-36-32-42(48)26-20-34(36)30-38/h15-26,29-32,47-48H,3-14,27-28H2,1-2H3. The number of hydrogen-bond acceptors (Lipinski definition) is 4. The van der Waals surface area contributed by atoms with E-state index in [-0.39, 0.29) is 23.3 Å². The maximum atomic E-state index is 14.1. The minimum atomic E-state index is -0.0662. The Bertz CT molecular complexity index is 1730. The topological polar surface area (TPSA) is 81.1 Å². The predicted octanol–water partition coefficient (Wildman–Crippen LogP) is 11.4. The van der Waals surface area contributed by atoms with Crippen LogP contribution in [0.3, 0.4) is 0 Å². The molecule has 0 radical (unpaired) electrons. The minimum absolute atomic E-state index is 0.0662. The van der Waals surface area contributed by atoms with Crippen molar-refractivity contribution in [2.45, 2.75) is 90.9 Å². The van der Waals surface area contributed by atoms with Crippen molar-refractivity contribution in [2.24, 2.45) is 0 Å². The van der Waals surface area contributed by atoms with Crippen molar-refractivity contribution < 1.29 is 19.8 Å². The lowest BCUT2D eigenvalue weighted by atomic mass is 10.0. The van der Waals surface area contributed by atoms with Crippen LogP contribution in [0.1, 0.15) is 112 Å². The molecule has 0 spiro atoms. The number of nitrogens with zero attached hydrogens (tertiary/aromatic N) is 2. The van der Waals surface area contributed by atoms with Gasteiger partial charge in [0.05, 0.1) is 0 Å². The Morgan fingerprint density at radius 2 is 0.780 bits per heavy atom. The first kappa shape index (κ1) is 36.4. The minimum Gasteiger partial charge on any atom is -0.508 e. The van der Waals surface area contributed by atoms with Crippen molar-refractivity contribution in [1.82, 2.24) is 0 Å². The molecule has 6 nitrogen and oxygen atoms in total. The van der Waals surface area contributed by atoms with Gasteiger partial charge in [-0.05, 0) is 107 Å². The van der Waals surface area contributed by atoms with Crippen LogP contribution in [0.4, 0.5) is 11.4 Å². The molecular formula is C44H52N2O4. The molecule has 50 heavy (non-hydrogen) atoms. The molecule has 0 aromatic heterocycles. The fraction of sp³-hybridized carbons (Fsp3) is 0.364. The maximum Gasteiger partial charge on any atom is 0.258 e. The van der Waals surface area contributed by atoms with Gasteiger partial charge in [-0.2, -0.15) is 0 Å². The summed E-state index contributed by atoms with van der Waals surface area (Å²) < 4.78 is 0. The van der Waals surface area contributed by atoms with Crippen LogP contribution in [0.2, 0.25) is 0 Å². The quantitative estimate of drug-likeness (QED) is 0.0908. The monoisotopic (exact) mass is 672 g/mol. The summed E-state index contributed by atoms with van der Waals surface area (Å²) >= 11 is 0. The lowest BCUT2D eigenvalue weighted by molar-refractivity contribution is 0.0978. The molecule has 5 rings (SSSR count). The molecule has 5 aromatic rings. The van der Waals surface area contributed by atoms with E-state index in [1.54, 1.807) is 24.3 Å². The van der Waals surface area contributed by atoms with E-state index >= 15 is 0 Å². The van der Waals surface area contributed by atoms with Crippen LogP contribution in [0.25, 0.3) is 21.5 Å². The first-order valence-corrected chi connectivity index (χ1v) is 18.6. The van der Waals surface area contributed by atoms with E-state index in [9.17, 15) is 19.8 Å². The fourth-order valence-corrected chi connectivity index (χ4v) is 6.65. The van der Waals surface area contributed by atoms with Gasteiger partial charge in [0.2, 0.25) is 0 Å². The number of benzene rings is 5. The van der Waals surface area contributed by atoms with Crippen molar-refractivity contribution in [3.8, 4) is 11.5 Å². The first-order valence-electron chi connectivity index (χ1n) is 18.6. The number of amides is 2. The lowest BCUT2D eigenvalue weighted by Gasteiger charge is -2.26. The van der Waals surface area contributed by atoms with Gasteiger partial charge in [-0.15, -0.1) is 0 Å². The highest BCUT2D eigenvalue weighted by atomic mass is 16.3. The highest BCUT2D eigenvalue weighted by Gasteiger charge is 2.21. The van der Waals surface area contributed by atoms with Gasteiger partial charge < -0.3 is 20.0 Å². The number of hydrogen-bond donors (Lipinski definition) is 2. The van der Waals surface area contributed by atoms with Crippen LogP contribution in [0, 0.1) is 0 Å². The molecule has 2 N–H and O–H groups in total. The van der Waals surface area contributed by atoms with Crippen LogP contribution in [0.15, 0.2) is 97.1 Å². The van der Waals surface area contributed by atoms with Gasteiger partial charge in [-0.1, -0.05) is 102 Å². The molecule has 5 aromatic carbocycles. The summed E-state index contributed by atoms with van der Waals surface area (Å²) in [5, 5.41) is 23.4. The summed E-state index contributed by atoms with van der Waals surface area (Å²) in [5.74, 6) is 0.268. The number of carbonyl (C=O) groups excluding carboxylic acids is 2. The van der Waals surface area contributed by atoms with Gasteiger partial charge in [0, 0.05) is 35.6 Å². The van der Waals surface area contributed by atoms with E-state index in [0.717, 1.165) is 71.4 Å².